The molecule has 102 valence electrons. The highest BCUT2D eigenvalue weighted by Gasteiger charge is 2.18. The van der Waals surface area contributed by atoms with Crippen molar-refractivity contribution in [2.45, 2.75) is 85.1 Å². The summed E-state index contributed by atoms with van der Waals surface area (Å²) in [7, 11) is 0. The normalized spacial score (nSPS) is 14.4. The minimum Gasteiger partial charge on any atom is -0.353 e. The molecule has 0 aromatic carbocycles. The lowest BCUT2D eigenvalue weighted by atomic mass is 9.97. The van der Waals surface area contributed by atoms with Crippen LogP contribution in [-0.2, 0) is 4.79 Å². The standard InChI is InChI=1S/C15H31NO/c1-5-9-11-13(7-3)15(17)16-14(8-4)12-10-6-2/h13-14H,5-12H2,1-4H3,(H,16,17). The molecular formula is C15H31NO. The molecule has 0 aliphatic heterocycles. The summed E-state index contributed by atoms with van der Waals surface area (Å²) in [5, 5.41) is 3.22. The molecule has 2 heteroatoms. The lowest BCUT2D eigenvalue weighted by molar-refractivity contribution is -0.126. The number of nitrogens with one attached hydrogen (secondary N) is 1. The Balaban J connectivity index is 4.07. The number of hydrogen-bond acceptors (Lipinski definition) is 1. The quantitative estimate of drug-likeness (QED) is 0.607. The summed E-state index contributed by atoms with van der Waals surface area (Å²) in [5.41, 5.74) is 0. The van der Waals surface area contributed by atoms with Gasteiger partial charge in [0.15, 0.2) is 0 Å². The minimum absolute atomic E-state index is 0.227. The summed E-state index contributed by atoms with van der Waals surface area (Å²) in [4.78, 5) is 12.1. The predicted octanol–water partition coefficient (Wildman–Crippen LogP) is 4.29. The van der Waals surface area contributed by atoms with Gasteiger partial charge < -0.3 is 5.32 Å². The summed E-state index contributed by atoms with van der Waals surface area (Å²) in [6, 6.07) is 0.387. The molecule has 17 heavy (non-hydrogen) atoms. The van der Waals surface area contributed by atoms with Crippen LogP contribution in [0.1, 0.15) is 79.1 Å². The Morgan fingerprint density at radius 2 is 1.53 bits per heavy atom. The number of hydrogen-bond donors (Lipinski definition) is 1. The molecule has 0 spiro atoms. The fourth-order valence-electron chi connectivity index (χ4n) is 2.12. The highest BCUT2D eigenvalue weighted by atomic mass is 16.1. The number of unbranched alkanes of at least 4 members (excludes halogenated alkanes) is 2. The van der Waals surface area contributed by atoms with Gasteiger partial charge >= 0.3 is 0 Å². The van der Waals surface area contributed by atoms with Crippen molar-refractivity contribution in [3.63, 3.8) is 0 Å². The van der Waals surface area contributed by atoms with Crippen LogP contribution in [0.3, 0.4) is 0 Å². The van der Waals surface area contributed by atoms with Crippen LogP contribution in [0.15, 0.2) is 0 Å². The Morgan fingerprint density at radius 1 is 0.941 bits per heavy atom. The summed E-state index contributed by atoms with van der Waals surface area (Å²) in [5.74, 6) is 0.509. The van der Waals surface area contributed by atoms with Crippen molar-refractivity contribution in [3.05, 3.63) is 0 Å². The fraction of sp³-hybridized carbons (Fsp3) is 0.933. The summed E-state index contributed by atoms with van der Waals surface area (Å²) in [6.45, 7) is 8.66. The first kappa shape index (κ1) is 16.5. The second-order valence-corrected chi connectivity index (χ2v) is 5.00. The Labute approximate surface area is 108 Å². The highest BCUT2D eigenvalue weighted by Crippen LogP contribution is 2.14. The van der Waals surface area contributed by atoms with Gasteiger partial charge in [-0.1, -0.05) is 53.4 Å². The molecule has 1 amide bonds. The van der Waals surface area contributed by atoms with Crippen LogP contribution in [0.4, 0.5) is 0 Å². The van der Waals surface area contributed by atoms with Gasteiger partial charge in [-0.15, -0.1) is 0 Å². The molecule has 0 saturated heterocycles. The zero-order valence-corrected chi connectivity index (χ0v) is 12.2. The van der Waals surface area contributed by atoms with E-state index in [0.29, 0.717) is 6.04 Å². The van der Waals surface area contributed by atoms with E-state index in [4.69, 9.17) is 0 Å². The average molecular weight is 241 g/mol. The van der Waals surface area contributed by atoms with E-state index >= 15 is 0 Å². The molecule has 0 aliphatic carbocycles. The van der Waals surface area contributed by atoms with E-state index in [1.54, 1.807) is 0 Å². The molecule has 2 atom stereocenters. The van der Waals surface area contributed by atoms with E-state index in [9.17, 15) is 4.79 Å². The Kier molecular flexibility index (Phi) is 10.3. The van der Waals surface area contributed by atoms with Crippen LogP contribution in [0.25, 0.3) is 0 Å². The van der Waals surface area contributed by atoms with E-state index < -0.39 is 0 Å². The topological polar surface area (TPSA) is 29.1 Å². The van der Waals surface area contributed by atoms with Crippen molar-refractivity contribution in [1.82, 2.24) is 5.32 Å². The van der Waals surface area contributed by atoms with Gasteiger partial charge in [0.1, 0.15) is 0 Å². The molecular weight excluding hydrogens is 210 g/mol. The van der Waals surface area contributed by atoms with E-state index in [-0.39, 0.29) is 11.8 Å². The molecule has 0 heterocycles. The second-order valence-electron chi connectivity index (χ2n) is 5.00. The molecule has 2 nitrogen and oxygen atoms in total. The average Bonchev–Trinajstić information content (AvgIpc) is 2.35. The van der Waals surface area contributed by atoms with Gasteiger partial charge in [0.05, 0.1) is 0 Å². The number of carbonyl (C=O) groups excluding carboxylic acids is 1. The maximum Gasteiger partial charge on any atom is 0.223 e. The summed E-state index contributed by atoms with van der Waals surface area (Å²) >= 11 is 0. The van der Waals surface area contributed by atoms with Crippen LogP contribution < -0.4 is 5.32 Å². The first-order valence-corrected chi connectivity index (χ1v) is 7.49. The first-order valence-electron chi connectivity index (χ1n) is 7.49. The molecule has 2 unspecified atom stereocenters. The second kappa shape index (κ2) is 10.6. The first-order chi connectivity index (χ1) is 8.19. The number of carbonyl (C=O) groups is 1. The smallest absolute Gasteiger partial charge is 0.223 e. The largest absolute Gasteiger partial charge is 0.353 e. The zero-order valence-electron chi connectivity index (χ0n) is 12.2. The minimum atomic E-state index is 0.227. The third-order valence-corrected chi connectivity index (χ3v) is 3.52. The van der Waals surface area contributed by atoms with Gasteiger partial charge in [-0.25, -0.2) is 0 Å². The number of amides is 1. The van der Waals surface area contributed by atoms with Gasteiger partial charge in [-0.2, -0.15) is 0 Å². The lowest BCUT2D eigenvalue weighted by Crippen LogP contribution is -2.38. The van der Waals surface area contributed by atoms with Crippen molar-refractivity contribution in [3.8, 4) is 0 Å². The summed E-state index contributed by atoms with van der Waals surface area (Å²) in [6.07, 6.45) is 8.95. The van der Waals surface area contributed by atoms with Crippen LogP contribution >= 0.6 is 0 Å². The molecule has 0 aromatic heterocycles. The van der Waals surface area contributed by atoms with Crippen molar-refractivity contribution in [2.24, 2.45) is 5.92 Å². The molecule has 0 saturated carbocycles. The van der Waals surface area contributed by atoms with Crippen LogP contribution in [0, 0.1) is 5.92 Å². The van der Waals surface area contributed by atoms with Gasteiger partial charge in [0, 0.05) is 12.0 Å². The highest BCUT2D eigenvalue weighted by molar-refractivity contribution is 5.78. The Bertz CT molecular complexity index is 191. The van der Waals surface area contributed by atoms with Crippen LogP contribution in [0.5, 0.6) is 0 Å². The van der Waals surface area contributed by atoms with Crippen molar-refractivity contribution in [2.75, 3.05) is 0 Å². The van der Waals surface area contributed by atoms with Gasteiger partial charge in [-0.05, 0) is 25.7 Å². The third-order valence-electron chi connectivity index (χ3n) is 3.52. The molecule has 1 N–H and O–H groups in total. The maximum absolute atomic E-state index is 12.1. The molecule has 0 radical (unpaired) electrons. The lowest BCUT2D eigenvalue weighted by Gasteiger charge is -2.21. The van der Waals surface area contributed by atoms with E-state index in [2.05, 4.69) is 33.0 Å². The van der Waals surface area contributed by atoms with Gasteiger partial charge in [0.2, 0.25) is 5.91 Å². The molecule has 0 aromatic rings. The predicted molar refractivity (Wildman–Crippen MR) is 75.1 cm³/mol. The molecule has 0 fully saturated rings. The van der Waals surface area contributed by atoms with Crippen molar-refractivity contribution < 1.29 is 4.79 Å². The van der Waals surface area contributed by atoms with Gasteiger partial charge in [-0.3, -0.25) is 4.79 Å². The maximum atomic E-state index is 12.1. The van der Waals surface area contributed by atoms with Crippen molar-refractivity contribution in [1.29, 1.82) is 0 Å². The molecule has 0 aliphatic rings. The van der Waals surface area contributed by atoms with E-state index in [0.717, 1.165) is 32.1 Å². The van der Waals surface area contributed by atoms with E-state index in [1.165, 1.54) is 19.3 Å². The summed E-state index contributed by atoms with van der Waals surface area (Å²) < 4.78 is 0. The fourth-order valence-corrected chi connectivity index (χ4v) is 2.12. The van der Waals surface area contributed by atoms with Crippen LogP contribution in [0.2, 0.25) is 0 Å². The molecule has 0 bridgehead atoms. The van der Waals surface area contributed by atoms with E-state index in [1.807, 2.05) is 0 Å². The Hall–Kier alpha value is -0.530. The number of rotatable bonds is 10. The molecule has 0 rings (SSSR count). The SMILES string of the molecule is CCCCC(CC)NC(=O)C(CC)CCCC. The Morgan fingerprint density at radius 3 is 2.00 bits per heavy atom. The van der Waals surface area contributed by atoms with Gasteiger partial charge in [0.25, 0.3) is 0 Å². The van der Waals surface area contributed by atoms with Crippen LogP contribution in [-0.4, -0.2) is 11.9 Å². The van der Waals surface area contributed by atoms with Crippen molar-refractivity contribution >= 4 is 5.91 Å². The monoisotopic (exact) mass is 241 g/mol. The zero-order chi connectivity index (χ0) is 13.1. The third kappa shape index (κ3) is 7.40.